The lowest BCUT2D eigenvalue weighted by Gasteiger charge is -2.32. The monoisotopic (exact) mass is 355 g/mol. The second kappa shape index (κ2) is 6.84. The van der Waals surface area contributed by atoms with E-state index in [1.807, 2.05) is 24.1 Å². The van der Waals surface area contributed by atoms with Crippen LogP contribution in [0.25, 0.3) is 11.0 Å². The summed E-state index contributed by atoms with van der Waals surface area (Å²) in [7, 11) is 0. The molecule has 3 aromatic heterocycles. The number of carbonyl (C=O) groups is 1. The number of aromatic amines is 1. The number of amides is 2. The van der Waals surface area contributed by atoms with Crippen molar-refractivity contribution in [3.63, 3.8) is 0 Å². The molecule has 1 aliphatic rings. The van der Waals surface area contributed by atoms with Gasteiger partial charge in [-0.25, -0.2) is 14.8 Å². The molecule has 7 heteroatoms. The van der Waals surface area contributed by atoms with Gasteiger partial charge in [0.2, 0.25) is 0 Å². The number of H-pyrrole nitrogens is 1. The predicted molar refractivity (Wildman–Crippen MR) is 98.7 cm³/mol. The van der Waals surface area contributed by atoms with Crippen LogP contribution in [0.15, 0.2) is 30.7 Å². The topological polar surface area (TPSA) is 73.9 Å². The minimum Gasteiger partial charge on any atom is -0.346 e. The Morgan fingerprint density at radius 2 is 2.24 bits per heavy atom. The van der Waals surface area contributed by atoms with E-state index in [-0.39, 0.29) is 6.03 Å². The van der Waals surface area contributed by atoms with E-state index in [1.165, 1.54) is 10.9 Å². The van der Waals surface area contributed by atoms with Crippen LogP contribution < -0.4 is 5.32 Å². The molecular weight excluding hydrogens is 334 g/mol. The van der Waals surface area contributed by atoms with E-state index in [9.17, 15) is 4.79 Å². The lowest BCUT2D eigenvalue weighted by atomic mass is 9.89. The van der Waals surface area contributed by atoms with Crippen molar-refractivity contribution in [3.8, 4) is 0 Å². The third-order valence-electron chi connectivity index (χ3n) is 4.79. The molecule has 1 aliphatic heterocycles. The summed E-state index contributed by atoms with van der Waals surface area (Å²) in [5.74, 6) is 0.478. The summed E-state index contributed by atoms with van der Waals surface area (Å²) in [4.78, 5) is 27.2. The molecule has 0 aliphatic carbocycles. The van der Waals surface area contributed by atoms with Gasteiger partial charge in [0.25, 0.3) is 0 Å². The lowest BCUT2D eigenvalue weighted by Crippen LogP contribution is -2.43. The van der Waals surface area contributed by atoms with Crippen molar-refractivity contribution in [2.45, 2.75) is 32.2 Å². The zero-order chi connectivity index (χ0) is 17.2. The van der Waals surface area contributed by atoms with Crippen LogP contribution in [0.5, 0.6) is 0 Å². The molecule has 0 radical (unpaired) electrons. The molecule has 6 nitrogen and oxygen atoms in total. The molecule has 4 rings (SSSR count). The first-order valence-corrected chi connectivity index (χ1v) is 9.38. The van der Waals surface area contributed by atoms with Crippen molar-refractivity contribution in [2.24, 2.45) is 0 Å². The lowest BCUT2D eigenvalue weighted by molar-refractivity contribution is 0.181. The van der Waals surface area contributed by atoms with Crippen molar-refractivity contribution in [1.82, 2.24) is 25.2 Å². The Labute approximate surface area is 150 Å². The molecule has 0 unspecified atom stereocenters. The fourth-order valence-corrected chi connectivity index (χ4v) is 4.20. The number of urea groups is 1. The Kier molecular flexibility index (Phi) is 4.40. The molecule has 0 spiro atoms. The summed E-state index contributed by atoms with van der Waals surface area (Å²) in [6.07, 6.45) is 7.67. The molecular formula is C18H21N5OS. The first-order valence-electron chi connectivity index (χ1n) is 8.57. The molecule has 0 bridgehead atoms. The van der Waals surface area contributed by atoms with Gasteiger partial charge in [-0.2, -0.15) is 0 Å². The normalized spacial score (nSPS) is 15.6. The number of likely N-dealkylation sites (tertiary alicyclic amines) is 1. The van der Waals surface area contributed by atoms with Crippen molar-refractivity contribution in [3.05, 3.63) is 46.2 Å². The number of aryl methyl sites for hydroxylation is 1. The van der Waals surface area contributed by atoms with Crippen LogP contribution in [0, 0.1) is 6.92 Å². The van der Waals surface area contributed by atoms with Gasteiger partial charge in [-0.05, 0) is 43.4 Å². The SMILES string of the molecule is Cc1ncc(CNC(=O)N2CCC(c3c[nH]c4ncccc34)CC2)s1. The molecule has 130 valence electrons. The molecule has 4 heterocycles. The number of nitrogens with one attached hydrogen (secondary N) is 2. The van der Waals surface area contributed by atoms with Gasteiger partial charge in [0.15, 0.2) is 0 Å². The summed E-state index contributed by atoms with van der Waals surface area (Å²) >= 11 is 1.62. The highest BCUT2D eigenvalue weighted by Gasteiger charge is 2.25. The van der Waals surface area contributed by atoms with Crippen LogP contribution in [0.2, 0.25) is 0 Å². The van der Waals surface area contributed by atoms with Crippen LogP contribution in [0.1, 0.15) is 34.2 Å². The van der Waals surface area contributed by atoms with Crippen LogP contribution in [0.3, 0.4) is 0 Å². The van der Waals surface area contributed by atoms with Gasteiger partial charge in [0.1, 0.15) is 5.65 Å². The number of thiazole rings is 1. The van der Waals surface area contributed by atoms with Gasteiger partial charge < -0.3 is 15.2 Å². The standard InChI is InChI=1S/C18H21N5OS/c1-12-20-9-14(25-12)10-22-18(24)23-7-4-13(5-8-23)16-11-21-17-15(16)3-2-6-19-17/h2-3,6,9,11,13H,4-5,7-8,10H2,1H3,(H,19,21)(H,22,24). The summed E-state index contributed by atoms with van der Waals surface area (Å²) in [5.41, 5.74) is 2.26. The highest BCUT2D eigenvalue weighted by atomic mass is 32.1. The van der Waals surface area contributed by atoms with Crippen LogP contribution in [-0.4, -0.2) is 39.0 Å². The van der Waals surface area contributed by atoms with Gasteiger partial charge in [0, 0.05) is 41.9 Å². The van der Waals surface area contributed by atoms with Crippen molar-refractivity contribution in [1.29, 1.82) is 0 Å². The number of fused-ring (bicyclic) bond motifs is 1. The van der Waals surface area contributed by atoms with E-state index in [0.717, 1.165) is 41.5 Å². The second-order valence-electron chi connectivity index (χ2n) is 6.41. The first-order chi connectivity index (χ1) is 12.2. The largest absolute Gasteiger partial charge is 0.346 e. The third kappa shape index (κ3) is 3.37. The summed E-state index contributed by atoms with van der Waals surface area (Å²) in [5, 5.41) is 5.23. The van der Waals surface area contributed by atoms with Gasteiger partial charge in [0.05, 0.1) is 11.6 Å². The highest BCUT2D eigenvalue weighted by Crippen LogP contribution is 2.32. The van der Waals surface area contributed by atoms with E-state index in [2.05, 4.69) is 32.5 Å². The average molecular weight is 355 g/mol. The fraction of sp³-hybridized carbons (Fsp3) is 0.389. The maximum atomic E-state index is 12.4. The smallest absolute Gasteiger partial charge is 0.317 e. The van der Waals surface area contributed by atoms with Crippen LogP contribution in [0.4, 0.5) is 4.79 Å². The van der Waals surface area contributed by atoms with E-state index >= 15 is 0 Å². The number of rotatable bonds is 3. The van der Waals surface area contributed by atoms with Gasteiger partial charge in [-0.1, -0.05) is 0 Å². The van der Waals surface area contributed by atoms with E-state index in [1.54, 1.807) is 17.5 Å². The van der Waals surface area contributed by atoms with Crippen molar-refractivity contribution < 1.29 is 4.79 Å². The van der Waals surface area contributed by atoms with Crippen LogP contribution in [-0.2, 0) is 6.54 Å². The molecule has 2 N–H and O–H groups in total. The maximum Gasteiger partial charge on any atom is 0.317 e. The van der Waals surface area contributed by atoms with E-state index < -0.39 is 0 Å². The van der Waals surface area contributed by atoms with Gasteiger partial charge in [-0.3, -0.25) is 0 Å². The van der Waals surface area contributed by atoms with E-state index in [4.69, 9.17) is 0 Å². The van der Waals surface area contributed by atoms with Gasteiger partial charge >= 0.3 is 6.03 Å². The number of pyridine rings is 1. The average Bonchev–Trinajstić information content (AvgIpc) is 3.26. The zero-order valence-electron chi connectivity index (χ0n) is 14.2. The number of nitrogens with zero attached hydrogens (tertiary/aromatic N) is 3. The zero-order valence-corrected chi connectivity index (χ0v) is 15.0. The Hall–Kier alpha value is -2.41. The predicted octanol–water partition coefficient (Wildman–Crippen LogP) is 3.42. The fourth-order valence-electron chi connectivity index (χ4n) is 3.47. The Morgan fingerprint density at radius 1 is 1.40 bits per heavy atom. The Bertz CT molecular complexity index is 878. The summed E-state index contributed by atoms with van der Waals surface area (Å²) in [6, 6.07) is 4.11. The Balaban J connectivity index is 1.34. The molecule has 3 aromatic rings. The Morgan fingerprint density at radius 3 is 3.00 bits per heavy atom. The summed E-state index contributed by atoms with van der Waals surface area (Å²) in [6.45, 7) is 4.09. The second-order valence-corrected chi connectivity index (χ2v) is 7.73. The third-order valence-corrected chi connectivity index (χ3v) is 5.70. The van der Waals surface area contributed by atoms with E-state index in [0.29, 0.717) is 12.5 Å². The summed E-state index contributed by atoms with van der Waals surface area (Å²) < 4.78 is 0. The molecule has 0 atom stereocenters. The molecule has 25 heavy (non-hydrogen) atoms. The highest BCUT2D eigenvalue weighted by molar-refractivity contribution is 7.11. The quantitative estimate of drug-likeness (QED) is 0.756. The molecule has 1 fully saturated rings. The molecule has 0 aromatic carbocycles. The van der Waals surface area contributed by atoms with Crippen molar-refractivity contribution >= 4 is 28.4 Å². The number of carbonyl (C=O) groups excluding carboxylic acids is 1. The van der Waals surface area contributed by atoms with Gasteiger partial charge in [-0.15, -0.1) is 11.3 Å². The first kappa shape index (κ1) is 16.1. The number of piperidine rings is 1. The minimum atomic E-state index is 0.0186. The molecule has 2 amide bonds. The maximum absolute atomic E-state index is 12.4. The number of hydrogen-bond donors (Lipinski definition) is 2. The van der Waals surface area contributed by atoms with Crippen molar-refractivity contribution in [2.75, 3.05) is 13.1 Å². The van der Waals surface area contributed by atoms with Crippen LogP contribution >= 0.6 is 11.3 Å². The number of hydrogen-bond acceptors (Lipinski definition) is 4. The number of aromatic nitrogens is 3. The minimum absolute atomic E-state index is 0.0186. The molecule has 0 saturated carbocycles. The molecule has 1 saturated heterocycles.